The molecular formula is C26H32ClN3O5. The molecule has 35 heavy (non-hydrogen) atoms. The van der Waals surface area contributed by atoms with Crippen molar-refractivity contribution in [3.63, 3.8) is 0 Å². The van der Waals surface area contributed by atoms with Gasteiger partial charge in [-0.2, -0.15) is 0 Å². The highest BCUT2D eigenvalue weighted by atomic mass is 35.5. The Kier molecular flexibility index (Phi) is 8.87. The maximum absolute atomic E-state index is 11.2. The van der Waals surface area contributed by atoms with Gasteiger partial charge in [-0.05, 0) is 48.4 Å². The number of hydrogen-bond donors (Lipinski definition) is 1. The molecule has 0 unspecified atom stereocenters. The monoisotopic (exact) mass is 501 g/mol. The van der Waals surface area contributed by atoms with Gasteiger partial charge in [-0.25, -0.2) is 4.98 Å². The first-order valence-electron chi connectivity index (χ1n) is 11.7. The van der Waals surface area contributed by atoms with Crippen LogP contribution in [0.15, 0.2) is 61.2 Å². The van der Waals surface area contributed by atoms with Crippen molar-refractivity contribution in [1.82, 2.24) is 14.5 Å². The largest absolute Gasteiger partial charge is 0.493 e. The van der Waals surface area contributed by atoms with Gasteiger partial charge in [0.2, 0.25) is 0 Å². The summed E-state index contributed by atoms with van der Waals surface area (Å²) in [4.78, 5) is 6.21. The molecule has 0 saturated carbocycles. The van der Waals surface area contributed by atoms with E-state index in [2.05, 4.69) is 9.88 Å². The quantitative estimate of drug-likeness (QED) is 0.402. The highest BCUT2D eigenvalue weighted by Crippen LogP contribution is 2.29. The zero-order valence-electron chi connectivity index (χ0n) is 19.9. The van der Waals surface area contributed by atoms with Crippen LogP contribution in [-0.2, 0) is 17.8 Å². The molecule has 1 aromatic heterocycles. The number of aryl methyl sites for hydroxylation is 1. The van der Waals surface area contributed by atoms with E-state index in [9.17, 15) is 5.11 Å². The number of aliphatic hydroxyl groups is 1. The Balaban J connectivity index is 1.32. The number of β-amino-alcohol motifs (C(OH)–C–C–N with tert-alkyl or cyclic N) is 1. The molecule has 8 nitrogen and oxygen atoms in total. The summed E-state index contributed by atoms with van der Waals surface area (Å²) in [5.74, 6) is 2.07. The fourth-order valence-electron chi connectivity index (χ4n) is 4.00. The first-order valence-corrected chi connectivity index (χ1v) is 12.1. The summed E-state index contributed by atoms with van der Waals surface area (Å²) in [6, 6.07) is 13.1. The van der Waals surface area contributed by atoms with Crippen LogP contribution in [0.5, 0.6) is 17.2 Å². The lowest BCUT2D eigenvalue weighted by atomic mass is 10.1. The summed E-state index contributed by atoms with van der Waals surface area (Å²) in [6.45, 7) is 4.09. The van der Waals surface area contributed by atoms with Crippen molar-refractivity contribution in [2.24, 2.45) is 0 Å². The van der Waals surface area contributed by atoms with Crippen LogP contribution in [0.4, 0.5) is 0 Å². The van der Waals surface area contributed by atoms with E-state index in [-0.39, 0.29) is 13.2 Å². The van der Waals surface area contributed by atoms with Crippen LogP contribution in [0.3, 0.4) is 0 Å². The Hall–Kier alpha value is -2.78. The molecule has 0 amide bonds. The molecule has 0 bridgehead atoms. The van der Waals surface area contributed by atoms with Crippen molar-refractivity contribution in [2.75, 3.05) is 46.6 Å². The number of aromatic nitrogens is 2. The maximum atomic E-state index is 11.2. The van der Waals surface area contributed by atoms with Crippen LogP contribution in [0.25, 0.3) is 0 Å². The number of rotatable bonds is 11. The van der Waals surface area contributed by atoms with Crippen molar-refractivity contribution >= 4 is 11.6 Å². The van der Waals surface area contributed by atoms with Crippen LogP contribution in [-0.4, -0.2) is 71.8 Å². The van der Waals surface area contributed by atoms with Crippen LogP contribution in [0.1, 0.15) is 12.0 Å². The van der Waals surface area contributed by atoms with Crippen molar-refractivity contribution < 1.29 is 24.1 Å². The van der Waals surface area contributed by atoms with Gasteiger partial charge in [0.15, 0.2) is 11.5 Å². The lowest BCUT2D eigenvalue weighted by Crippen LogP contribution is -2.48. The van der Waals surface area contributed by atoms with Gasteiger partial charge >= 0.3 is 0 Å². The molecule has 0 radical (unpaired) electrons. The lowest BCUT2D eigenvalue weighted by molar-refractivity contribution is -0.0646. The van der Waals surface area contributed by atoms with Gasteiger partial charge in [-0.15, -0.1) is 0 Å². The molecule has 0 spiro atoms. The standard InChI is InChI=1S/C26H32ClN3O5/c1-32-25-15-21(3-8-24(25)34-13-2-10-29-11-9-28-20-29)16-30-12-14-33-18-26(31,17-30)19-35-23-6-4-22(27)5-7-23/h3-9,11,15,20,31H,2,10,12-14,16-19H2,1H3/t26-/m1/s1. The molecule has 1 N–H and O–H groups in total. The number of hydrogen-bond acceptors (Lipinski definition) is 7. The zero-order valence-corrected chi connectivity index (χ0v) is 20.7. The number of imidazole rings is 1. The molecule has 0 aliphatic carbocycles. The summed E-state index contributed by atoms with van der Waals surface area (Å²) in [7, 11) is 1.64. The third-order valence-electron chi connectivity index (χ3n) is 5.77. The van der Waals surface area contributed by atoms with Gasteiger partial charge < -0.3 is 28.6 Å². The Labute approximate surface area is 211 Å². The average Bonchev–Trinajstić information content (AvgIpc) is 3.31. The van der Waals surface area contributed by atoms with Crippen molar-refractivity contribution in [2.45, 2.75) is 25.1 Å². The average molecular weight is 502 g/mol. The SMILES string of the molecule is COc1cc(CN2CCOC[C@@](O)(COc3ccc(Cl)cc3)C2)ccc1OCCCn1ccnc1. The summed E-state index contributed by atoms with van der Waals surface area (Å²) in [6.07, 6.45) is 6.38. The minimum Gasteiger partial charge on any atom is -0.493 e. The number of nitrogens with zero attached hydrogens (tertiary/aromatic N) is 3. The molecule has 1 fully saturated rings. The van der Waals surface area contributed by atoms with E-state index < -0.39 is 5.60 Å². The molecule has 3 aromatic rings. The van der Waals surface area contributed by atoms with Crippen molar-refractivity contribution in [3.05, 3.63) is 71.8 Å². The molecule has 9 heteroatoms. The molecule has 1 saturated heterocycles. The molecule has 1 atom stereocenters. The molecule has 4 rings (SSSR count). The fourth-order valence-corrected chi connectivity index (χ4v) is 4.13. The Bertz CT molecular complexity index is 1050. The van der Waals surface area contributed by atoms with Gasteiger partial charge in [0.05, 0.1) is 33.3 Å². The third kappa shape index (κ3) is 7.60. The smallest absolute Gasteiger partial charge is 0.161 e. The van der Waals surface area contributed by atoms with E-state index in [1.807, 2.05) is 29.0 Å². The highest BCUT2D eigenvalue weighted by Gasteiger charge is 2.33. The first kappa shape index (κ1) is 25.3. The highest BCUT2D eigenvalue weighted by molar-refractivity contribution is 6.30. The minimum absolute atomic E-state index is 0.125. The predicted molar refractivity (Wildman–Crippen MR) is 133 cm³/mol. The summed E-state index contributed by atoms with van der Waals surface area (Å²) in [5.41, 5.74) is -0.0612. The van der Waals surface area contributed by atoms with E-state index >= 15 is 0 Å². The topological polar surface area (TPSA) is 78.2 Å². The molecule has 1 aliphatic rings. The third-order valence-corrected chi connectivity index (χ3v) is 6.03. The van der Waals surface area contributed by atoms with Crippen molar-refractivity contribution in [3.8, 4) is 17.2 Å². The second kappa shape index (κ2) is 12.3. The molecule has 2 aromatic carbocycles. The van der Waals surface area contributed by atoms with E-state index in [1.54, 1.807) is 43.9 Å². The molecular weight excluding hydrogens is 470 g/mol. The van der Waals surface area contributed by atoms with Gasteiger partial charge in [0, 0.05) is 43.6 Å². The predicted octanol–water partition coefficient (Wildman–Crippen LogP) is 3.66. The molecule has 1 aliphatic heterocycles. The van der Waals surface area contributed by atoms with E-state index in [1.165, 1.54) is 0 Å². The number of benzene rings is 2. The van der Waals surface area contributed by atoms with E-state index in [0.29, 0.717) is 55.1 Å². The number of ether oxygens (including phenoxy) is 4. The van der Waals surface area contributed by atoms with Crippen molar-refractivity contribution in [1.29, 1.82) is 0 Å². The van der Waals surface area contributed by atoms with Crippen LogP contribution in [0, 0.1) is 0 Å². The Morgan fingerprint density at radius 3 is 2.77 bits per heavy atom. The van der Waals surface area contributed by atoms with Crippen LogP contribution >= 0.6 is 11.6 Å². The summed E-state index contributed by atoms with van der Waals surface area (Å²) < 4.78 is 25.1. The fraction of sp³-hybridized carbons (Fsp3) is 0.423. The molecule has 2 heterocycles. The first-order chi connectivity index (χ1) is 17.0. The van der Waals surface area contributed by atoms with Gasteiger partial charge in [0.25, 0.3) is 0 Å². The van der Waals surface area contributed by atoms with Gasteiger partial charge in [0.1, 0.15) is 18.0 Å². The number of halogens is 1. The number of methoxy groups -OCH3 is 1. The molecule has 188 valence electrons. The zero-order chi connectivity index (χ0) is 24.5. The maximum Gasteiger partial charge on any atom is 0.161 e. The summed E-state index contributed by atoms with van der Waals surface area (Å²) in [5, 5.41) is 11.8. The second-order valence-electron chi connectivity index (χ2n) is 8.72. The Morgan fingerprint density at radius 1 is 1.14 bits per heavy atom. The second-order valence-corrected chi connectivity index (χ2v) is 9.15. The lowest BCUT2D eigenvalue weighted by Gasteiger charge is -2.30. The normalized spacial score (nSPS) is 18.7. The summed E-state index contributed by atoms with van der Waals surface area (Å²) >= 11 is 5.94. The van der Waals surface area contributed by atoms with Crippen LogP contribution in [0.2, 0.25) is 5.02 Å². The van der Waals surface area contributed by atoms with Crippen LogP contribution < -0.4 is 14.2 Å². The van der Waals surface area contributed by atoms with Gasteiger partial charge in [-0.3, -0.25) is 4.90 Å². The van der Waals surface area contributed by atoms with E-state index in [0.717, 1.165) is 18.5 Å². The minimum atomic E-state index is -1.13. The Morgan fingerprint density at radius 2 is 2.00 bits per heavy atom. The van der Waals surface area contributed by atoms with E-state index in [4.69, 9.17) is 30.5 Å². The van der Waals surface area contributed by atoms with Gasteiger partial charge in [-0.1, -0.05) is 17.7 Å².